The Kier molecular flexibility index (Phi) is 5.66. The molecule has 0 aliphatic heterocycles. The number of benzene rings is 1. The van der Waals surface area contributed by atoms with Crippen LogP contribution < -0.4 is 15.6 Å². The maximum atomic E-state index is 13.5. The number of rotatable bonds is 7. The molecule has 1 atom stereocenters. The Morgan fingerprint density at radius 2 is 2.15 bits per heavy atom. The van der Waals surface area contributed by atoms with E-state index in [2.05, 4.69) is 26.4 Å². The number of nitrogens with zero attached hydrogens (tertiary/aromatic N) is 4. The van der Waals surface area contributed by atoms with Gasteiger partial charge in [0, 0.05) is 0 Å². The second-order valence-electron chi connectivity index (χ2n) is 5.65. The third kappa shape index (κ3) is 4.69. The number of hydrogen-bond donors (Lipinski definition) is 2. The zero-order chi connectivity index (χ0) is 18.5. The number of amides is 2. The van der Waals surface area contributed by atoms with Crippen molar-refractivity contribution in [2.24, 2.45) is 0 Å². The number of tetrazole rings is 1. The van der Waals surface area contributed by atoms with Gasteiger partial charge in [-0.3, -0.25) is 20.4 Å². The maximum absolute atomic E-state index is 13.5. The van der Waals surface area contributed by atoms with Gasteiger partial charge in [0.2, 0.25) is 11.1 Å². The Bertz CT molecular complexity index is 797. The minimum absolute atomic E-state index is 0.0376. The second kappa shape index (κ2) is 8.13. The highest BCUT2D eigenvalue weighted by molar-refractivity contribution is 7.99. The van der Waals surface area contributed by atoms with Gasteiger partial charge in [-0.1, -0.05) is 23.9 Å². The molecular weight excluding hydrogens is 363 g/mol. The zero-order valence-electron chi connectivity index (χ0n) is 13.9. The van der Waals surface area contributed by atoms with Gasteiger partial charge in [0.05, 0.1) is 11.8 Å². The highest BCUT2D eigenvalue weighted by Gasteiger charge is 2.28. The molecule has 0 spiro atoms. The lowest BCUT2D eigenvalue weighted by Crippen LogP contribution is -2.47. The first-order valence-electron chi connectivity index (χ1n) is 7.95. The molecule has 1 aliphatic carbocycles. The molecule has 9 nitrogen and oxygen atoms in total. The fraction of sp³-hybridized carbons (Fsp3) is 0.400. The molecule has 3 rings (SSSR count). The Morgan fingerprint density at radius 3 is 2.88 bits per heavy atom. The van der Waals surface area contributed by atoms with E-state index < -0.39 is 23.7 Å². The molecule has 2 N–H and O–H groups in total. The fourth-order valence-electron chi connectivity index (χ4n) is 2.01. The van der Waals surface area contributed by atoms with Gasteiger partial charge in [0.15, 0.2) is 17.7 Å². The number of nitrogens with one attached hydrogen (secondary N) is 2. The van der Waals surface area contributed by atoms with E-state index in [0.29, 0.717) is 11.2 Å². The van der Waals surface area contributed by atoms with Crippen molar-refractivity contribution in [2.45, 2.75) is 37.1 Å². The second-order valence-corrected chi connectivity index (χ2v) is 6.60. The standard InChI is InChI=1S/C15H17FN6O3S/c1-9(25-12-5-3-2-4-11(12)16)14(24)18-17-13(23)8-26-15-19-20-21-22(15)10-6-7-10/h2-5,9-10H,6-8H2,1H3,(H,17,23)(H,18,24). The molecule has 1 aromatic carbocycles. The number of hydrogen-bond acceptors (Lipinski definition) is 7. The molecular formula is C15H17FN6O3S. The quantitative estimate of drug-likeness (QED) is 0.541. The molecule has 0 radical (unpaired) electrons. The van der Waals surface area contributed by atoms with Crippen molar-refractivity contribution in [3.8, 4) is 5.75 Å². The van der Waals surface area contributed by atoms with Crippen LogP contribution in [0.2, 0.25) is 0 Å². The fourth-order valence-corrected chi connectivity index (χ4v) is 2.76. The Hall–Kier alpha value is -2.69. The van der Waals surface area contributed by atoms with Gasteiger partial charge < -0.3 is 4.74 Å². The highest BCUT2D eigenvalue weighted by Crippen LogP contribution is 2.36. The summed E-state index contributed by atoms with van der Waals surface area (Å²) >= 11 is 1.18. The third-order valence-corrected chi connectivity index (χ3v) is 4.46. The lowest BCUT2D eigenvalue weighted by atomic mass is 10.3. The predicted molar refractivity (Wildman–Crippen MR) is 89.6 cm³/mol. The number of ether oxygens (including phenoxy) is 1. The minimum Gasteiger partial charge on any atom is -0.478 e. The molecule has 1 fully saturated rings. The molecule has 1 unspecified atom stereocenters. The molecule has 2 amide bonds. The monoisotopic (exact) mass is 380 g/mol. The van der Waals surface area contributed by atoms with Crippen LogP contribution in [0.25, 0.3) is 0 Å². The van der Waals surface area contributed by atoms with Crippen molar-refractivity contribution in [2.75, 3.05) is 5.75 Å². The average Bonchev–Trinajstić information content (AvgIpc) is 3.37. The van der Waals surface area contributed by atoms with E-state index in [1.165, 1.54) is 36.9 Å². The van der Waals surface area contributed by atoms with Gasteiger partial charge in [-0.2, -0.15) is 0 Å². The number of para-hydroxylation sites is 1. The van der Waals surface area contributed by atoms with Crippen LogP contribution in [-0.4, -0.2) is 43.9 Å². The number of halogens is 1. The first kappa shape index (κ1) is 18.1. The van der Waals surface area contributed by atoms with Crippen molar-refractivity contribution in [1.82, 2.24) is 31.1 Å². The van der Waals surface area contributed by atoms with Crippen LogP contribution in [0.3, 0.4) is 0 Å². The predicted octanol–water partition coefficient (Wildman–Crippen LogP) is 0.854. The van der Waals surface area contributed by atoms with Crippen molar-refractivity contribution in [3.63, 3.8) is 0 Å². The highest BCUT2D eigenvalue weighted by atomic mass is 32.2. The van der Waals surface area contributed by atoms with Gasteiger partial charge in [0.25, 0.3) is 5.91 Å². The average molecular weight is 380 g/mol. The summed E-state index contributed by atoms with van der Waals surface area (Å²) in [5.41, 5.74) is 4.52. The number of carbonyl (C=O) groups excluding carboxylic acids is 2. The summed E-state index contributed by atoms with van der Waals surface area (Å²) in [5.74, 6) is -1.60. The summed E-state index contributed by atoms with van der Waals surface area (Å²) < 4.78 is 20.4. The Labute approximate surface area is 152 Å². The largest absolute Gasteiger partial charge is 0.478 e. The number of thioether (sulfide) groups is 1. The molecule has 1 heterocycles. The lowest BCUT2D eigenvalue weighted by Gasteiger charge is -2.15. The van der Waals surface area contributed by atoms with Crippen molar-refractivity contribution >= 4 is 23.6 Å². The SMILES string of the molecule is CC(Oc1ccccc1F)C(=O)NNC(=O)CSc1nnnn1C1CC1. The zero-order valence-corrected chi connectivity index (χ0v) is 14.7. The van der Waals surface area contributed by atoms with Crippen LogP contribution >= 0.6 is 11.8 Å². The third-order valence-electron chi connectivity index (χ3n) is 3.52. The van der Waals surface area contributed by atoms with Crippen LogP contribution in [0.15, 0.2) is 29.4 Å². The van der Waals surface area contributed by atoms with Crippen LogP contribution in [0.4, 0.5) is 4.39 Å². The van der Waals surface area contributed by atoms with E-state index in [4.69, 9.17) is 4.74 Å². The lowest BCUT2D eigenvalue weighted by molar-refractivity contribution is -0.132. The molecule has 1 saturated carbocycles. The van der Waals surface area contributed by atoms with Crippen molar-refractivity contribution in [3.05, 3.63) is 30.1 Å². The molecule has 0 saturated heterocycles. The topological polar surface area (TPSA) is 111 Å². The van der Waals surface area contributed by atoms with E-state index in [0.717, 1.165) is 12.8 Å². The molecule has 0 bridgehead atoms. The summed E-state index contributed by atoms with van der Waals surface area (Å²) in [5, 5.41) is 11.9. The van der Waals surface area contributed by atoms with Crippen LogP contribution in [0, 0.1) is 5.82 Å². The van der Waals surface area contributed by atoms with Gasteiger partial charge in [-0.05, 0) is 42.3 Å². The Morgan fingerprint density at radius 1 is 1.38 bits per heavy atom. The first-order valence-corrected chi connectivity index (χ1v) is 8.93. The van der Waals surface area contributed by atoms with Crippen LogP contribution in [0.1, 0.15) is 25.8 Å². The summed E-state index contributed by atoms with van der Waals surface area (Å²) in [6.45, 7) is 1.45. The maximum Gasteiger partial charge on any atom is 0.279 e. The van der Waals surface area contributed by atoms with E-state index in [9.17, 15) is 14.0 Å². The summed E-state index contributed by atoms with van der Waals surface area (Å²) in [6, 6.07) is 6.07. The molecule has 26 heavy (non-hydrogen) atoms. The minimum atomic E-state index is -0.984. The number of aromatic nitrogens is 4. The number of carbonyl (C=O) groups is 2. The van der Waals surface area contributed by atoms with Crippen LogP contribution in [0.5, 0.6) is 5.75 Å². The van der Waals surface area contributed by atoms with Crippen LogP contribution in [-0.2, 0) is 9.59 Å². The van der Waals surface area contributed by atoms with E-state index in [-0.39, 0.29) is 11.5 Å². The Balaban J connectivity index is 1.41. The molecule has 1 aromatic heterocycles. The summed E-state index contributed by atoms with van der Waals surface area (Å²) in [4.78, 5) is 23.8. The summed E-state index contributed by atoms with van der Waals surface area (Å²) in [7, 11) is 0. The van der Waals surface area contributed by atoms with Crippen molar-refractivity contribution < 1.29 is 18.7 Å². The molecule has 2 aromatic rings. The van der Waals surface area contributed by atoms with Gasteiger partial charge in [-0.15, -0.1) is 5.10 Å². The molecule has 138 valence electrons. The van der Waals surface area contributed by atoms with Gasteiger partial charge in [0.1, 0.15) is 0 Å². The number of hydrazine groups is 1. The van der Waals surface area contributed by atoms with E-state index in [1.54, 1.807) is 10.7 Å². The van der Waals surface area contributed by atoms with E-state index in [1.807, 2.05) is 0 Å². The normalized spacial score (nSPS) is 14.5. The molecule has 1 aliphatic rings. The van der Waals surface area contributed by atoms with Crippen molar-refractivity contribution in [1.29, 1.82) is 0 Å². The van der Waals surface area contributed by atoms with Gasteiger partial charge >= 0.3 is 0 Å². The summed E-state index contributed by atoms with van der Waals surface area (Å²) in [6.07, 6.45) is 1.07. The molecule has 11 heteroatoms. The smallest absolute Gasteiger partial charge is 0.279 e. The van der Waals surface area contributed by atoms with E-state index >= 15 is 0 Å². The first-order chi connectivity index (χ1) is 12.5. The van der Waals surface area contributed by atoms with Gasteiger partial charge in [-0.25, -0.2) is 9.07 Å².